The van der Waals surface area contributed by atoms with E-state index in [9.17, 15) is 5.26 Å². The van der Waals surface area contributed by atoms with Gasteiger partial charge in [0.15, 0.2) is 0 Å². The van der Waals surface area contributed by atoms with Crippen LogP contribution in [0.3, 0.4) is 0 Å². The summed E-state index contributed by atoms with van der Waals surface area (Å²) in [5.74, 6) is 1.53. The lowest BCUT2D eigenvalue weighted by Crippen LogP contribution is -2.37. The van der Waals surface area contributed by atoms with Crippen molar-refractivity contribution < 1.29 is 14.2 Å². The topological polar surface area (TPSA) is 82.9 Å². The molecule has 2 aliphatic heterocycles. The highest BCUT2D eigenvalue weighted by Gasteiger charge is 2.20. The molecule has 0 unspecified atom stereocenters. The monoisotopic (exact) mass is 617 g/mol. The lowest BCUT2D eigenvalue weighted by Gasteiger charge is -2.28. The van der Waals surface area contributed by atoms with Crippen LogP contribution >= 0.6 is 11.3 Å². The average molecular weight is 618 g/mol. The molecule has 1 N–H and O–H groups in total. The van der Waals surface area contributed by atoms with E-state index in [-0.39, 0.29) is 0 Å². The zero-order valence-electron chi connectivity index (χ0n) is 25.1. The molecule has 3 aromatic carbocycles. The van der Waals surface area contributed by atoms with Crippen LogP contribution in [-0.2, 0) is 22.6 Å². The predicted octanol–water partition coefficient (Wildman–Crippen LogP) is 7.04. The summed E-state index contributed by atoms with van der Waals surface area (Å²) >= 11 is 1.87. The highest BCUT2D eigenvalue weighted by Crippen LogP contribution is 2.37. The third-order valence-corrected chi connectivity index (χ3v) is 9.45. The summed E-state index contributed by atoms with van der Waals surface area (Å²) < 4.78 is 17.1. The van der Waals surface area contributed by atoms with Crippen LogP contribution < -0.4 is 10.1 Å². The molecular formula is C36H35N5O3S. The molecule has 4 heterocycles. The number of nitrogens with zero attached hydrogens (tertiary/aromatic N) is 4. The summed E-state index contributed by atoms with van der Waals surface area (Å²) in [5.41, 5.74) is 5.47. The Labute approximate surface area is 267 Å². The lowest BCUT2D eigenvalue weighted by molar-refractivity contribution is 0.0313. The molecule has 0 spiro atoms. The molecule has 0 saturated carbocycles. The van der Waals surface area contributed by atoms with Gasteiger partial charge in [0, 0.05) is 66.3 Å². The van der Waals surface area contributed by atoms with E-state index in [1.807, 2.05) is 65.9 Å². The zero-order chi connectivity index (χ0) is 30.4. The molecule has 0 amide bonds. The van der Waals surface area contributed by atoms with Crippen molar-refractivity contribution >= 4 is 33.6 Å². The van der Waals surface area contributed by atoms with Crippen LogP contribution in [0.15, 0.2) is 85.1 Å². The average Bonchev–Trinajstić information content (AvgIpc) is 3.48. The van der Waals surface area contributed by atoms with Gasteiger partial charge in [-0.3, -0.25) is 14.8 Å². The fourth-order valence-electron chi connectivity index (χ4n) is 5.78. The van der Waals surface area contributed by atoms with E-state index < -0.39 is 0 Å². The molecule has 9 heteroatoms. The van der Waals surface area contributed by atoms with Gasteiger partial charge < -0.3 is 19.5 Å². The lowest BCUT2D eigenvalue weighted by atomic mass is 10.1. The van der Waals surface area contributed by atoms with E-state index >= 15 is 0 Å². The van der Waals surface area contributed by atoms with Gasteiger partial charge in [-0.1, -0.05) is 30.3 Å². The SMILES string of the molecule is N#Cc1cnc2cc(-c3cc(CN4CCOCC4)c(CN4CCOCC4)s3)ccc2c1Nc1ccc(Oc2ccccc2)cc1. The van der Waals surface area contributed by atoms with Gasteiger partial charge >= 0.3 is 0 Å². The van der Waals surface area contributed by atoms with Crippen molar-refractivity contribution in [1.82, 2.24) is 14.8 Å². The normalized spacial score (nSPS) is 16.0. The van der Waals surface area contributed by atoms with Crippen LogP contribution in [-0.4, -0.2) is 67.4 Å². The van der Waals surface area contributed by atoms with Gasteiger partial charge in [0.05, 0.1) is 43.2 Å². The summed E-state index contributed by atoms with van der Waals surface area (Å²) in [6.07, 6.45) is 1.66. The second-order valence-corrected chi connectivity index (χ2v) is 12.4. The van der Waals surface area contributed by atoms with Crippen molar-refractivity contribution in [2.75, 3.05) is 57.9 Å². The van der Waals surface area contributed by atoms with Crippen molar-refractivity contribution in [2.24, 2.45) is 0 Å². The Morgan fingerprint density at radius 1 is 0.822 bits per heavy atom. The summed E-state index contributed by atoms with van der Waals surface area (Å²) in [5, 5.41) is 14.3. The van der Waals surface area contributed by atoms with Gasteiger partial charge in [0.25, 0.3) is 0 Å². The van der Waals surface area contributed by atoms with E-state index in [4.69, 9.17) is 19.2 Å². The number of nitriles is 1. The van der Waals surface area contributed by atoms with Crippen LogP contribution in [0.2, 0.25) is 0 Å². The quantitative estimate of drug-likeness (QED) is 0.189. The zero-order valence-corrected chi connectivity index (χ0v) is 25.9. The van der Waals surface area contributed by atoms with Crippen LogP contribution in [0.4, 0.5) is 11.4 Å². The van der Waals surface area contributed by atoms with Crippen LogP contribution in [0.5, 0.6) is 11.5 Å². The van der Waals surface area contributed by atoms with Gasteiger partial charge in [-0.2, -0.15) is 5.26 Å². The first-order valence-electron chi connectivity index (χ1n) is 15.4. The van der Waals surface area contributed by atoms with Crippen LogP contribution in [0.1, 0.15) is 16.0 Å². The first-order valence-corrected chi connectivity index (χ1v) is 16.2. The Hall–Kier alpha value is -4.30. The summed E-state index contributed by atoms with van der Waals surface area (Å²) in [6.45, 7) is 8.88. The fraction of sp³-hybridized carbons (Fsp3) is 0.278. The molecule has 8 nitrogen and oxygen atoms in total. The number of nitrogens with one attached hydrogen (secondary N) is 1. The molecule has 0 bridgehead atoms. The second kappa shape index (κ2) is 13.8. The molecule has 45 heavy (non-hydrogen) atoms. The molecule has 2 fully saturated rings. The highest BCUT2D eigenvalue weighted by molar-refractivity contribution is 7.15. The number of aromatic nitrogens is 1. The van der Waals surface area contributed by atoms with Crippen molar-refractivity contribution in [3.05, 3.63) is 101 Å². The van der Waals surface area contributed by atoms with E-state index in [1.165, 1.54) is 15.3 Å². The number of pyridine rings is 1. The third-order valence-electron chi connectivity index (χ3n) is 8.24. The molecule has 2 aliphatic rings. The third kappa shape index (κ3) is 7.01. The molecule has 2 saturated heterocycles. The number of para-hydroxylation sites is 1. The number of morpholine rings is 2. The maximum atomic E-state index is 9.93. The number of hydrogen-bond acceptors (Lipinski definition) is 9. The molecular weight excluding hydrogens is 582 g/mol. The molecule has 5 aromatic rings. The minimum Gasteiger partial charge on any atom is -0.457 e. The number of fused-ring (bicyclic) bond motifs is 1. The molecule has 0 atom stereocenters. The maximum absolute atomic E-state index is 9.93. The Balaban J connectivity index is 1.15. The summed E-state index contributed by atoms with van der Waals surface area (Å²) in [7, 11) is 0. The van der Waals surface area contributed by atoms with Crippen molar-refractivity contribution in [2.45, 2.75) is 13.1 Å². The Bertz CT molecular complexity index is 1750. The summed E-state index contributed by atoms with van der Waals surface area (Å²) in [4.78, 5) is 12.3. The first kappa shape index (κ1) is 29.4. The van der Waals surface area contributed by atoms with E-state index in [0.717, 1.165) is 105 Å². The smallest absolute Gasteiger partial charge is 0.127 e. The minimum absolute atomic E-state index is 0.497. The van der Waals surface area contributed by atoms with Crippen LogP contribution in [0, 0.1) is 11.3 Å². The number of ether oxygens (including phenoxy) is 3. The molecule has 0 aliphatic carbocycles. The standard InChI is InChI=1S/C36H35N5O3S/c37-22-28-23-38-33-20-26(6-11-32(33)36(28)39-29-7-9-31(10-8-29)44-30-4-2-1-3-5-30)34-21-27(24-40-12-16-42-17-13-40)35(45-34)25-41-14-18-43-19-15-41/h1-11,20-21,23H,12-19,24-25H2,(H,38,39). The van der Waals surface area contributed by atoms with E-state index in [2.05, 4.69) is 45.5 Å². The predicted molar refractivity (Wildman–Crippen MR) is 178 cm³/mol. The van der Waals surface area contributed by atoms with Gasteiger partial charge in [-0.25, -0.2) is 0 Å². The van der Waals surface area contributed by atoms with E-state index in [0.29, 0.717) is 5.56 Å². The maximum Gasteiger partial charge on any atom is 0.127 e. The Morgan fingerprint density at radius 2 is 1.51 bits per heavy atom. The van der Waals surface area contributed by atoms with E-state index in [1.54, 1.807) is 6.20 Å². The van der Waals surface area contributed by atoms with Crippen molar-refractivity contribution in [1.29, 1.82) is 5.26 Å². The van der Waals surface area contributed by atoms with Gasteiger partial charge in [0.1, 0.15) is 17.6 Å². The minimum atomic E-state index is 0.497. The highest BCUT2D eigenvalue weighted by atomic mass is 32.1. The van der Waals surface area contributed by atoms with Gasteiger partial charge in [-0.15, -0.1) is 11.3 Å². The number of hydrogen-bond donors (Lipinski definition) is 1. The second-order valence-electron chi connectivity index (χ2n) is 11.3. The first-order chi connectivity index (χ1) is 22.2. The Kier molecular flexibility index (Phi) is 9.00. The molecule has 7 rings (SSSR count). The molecule has 2 aromatic heterocycles. The Morgan fingerprint density at radius 3 is 2.22 bits per heavy atom. The number of benzene rings is 3. The van der Waals surface area contributed by atoms with Crippen molar-refractivity contribution in [3.63, 3.8) is 0 Å². The largest absolute Gasteiger partial charge is 0.457 e. The summed E-state index contributed by atoms with van der Waals surface area (Å²) in [6, 6.07) is 28.5. The van der Waals surface area contributed by atoms with Crippen LogP contribution in [0.25, 0.3) is 21.3 Å². The fourth-order valence-corrected chi connectivity index (χ4v) is 6.99. The molecule has 0 radical (unpaired) electrons. The van der Waals surface area contributed by atoms with Gasteiger partial charge in [0.2, 0.25) is 0 Å². The van der Waals surface area contributed by atoms with Gasteiger partial charge in [-0.05, 0) is 59.7 Å². The number of thiophene rings is 1. The molecule has 228 valence electrons. The number of rotatable bonds is 9. The number of anilines is 2. The van der Waals surface area contributed by atoms with Crippen molar-refractivity contribution in [3.8, 4) is 28.0 Å².